The lowest BCUT2D eigenvalue weighted by molar-refractivity contribution is -0.142. The molecule has 2 amide bonds. The number of amides is 2. The number of nitrogens with one attached hydrogen (secondary N) is 1. The third-order valence-corrected chi connectivity index (χ3v) is 5.57. The Balaban J connectivity index is 2.13. The molecule has 0 fully saturated rings. The fraction of sp³-hybridized carbons (Fsp3) is 0.391. The first kappa shape index (κ1) is 24.0. The van der Waals surface area contributed by atoms with Crippen LogP contribution in [0.2, 0.25) is 10.0 Å². The molecule has 162 valence electrons. The number of hydrogen-bond donors (Lipinski definition) is 1. The van der Waals surface area contributed by atoms with Crippen molar-refractivity contribution in [3.63, 3.8) is 0 Å². The topological polar surface area (TPSA) is 58.6 Å². The van der Waals surface area contributed by atoms with Gasteiger partial charge < -0.3 is 15.0 Å². The molecule has 0 heterocycles. The minimum Gasteiger partial charge on any atom is -0.484 e. The van der Waals surface area contributed by atoms with Gasteiger partial charge in [-0.3, -0.25) is 9.59 Å². The van der Waals surface area contributed by atoms with Crippen molar-refractivity contribution in [1.29, 1.82) is 0 Å². The molecule has 2 rings (SSSR count). The predicted octanol–water partition coefficient (Wildman–Crippen LogP) is 4.83. The van der Waals surface area contributed by atoms with Crippen LogP contribution < -0.4 is 10.1 Å². The molecular weight excluding hydrogens is 423 g/mol. The van der Waals surface area contributed by atoms with E-state index >= 15 is 0 Å². The standard InChI is InChI=1S/C23H28Cl2N2O3/c1-15(22(29)26-5)27(13-16-6-11-19(24)20(25)12-16)21(28)14-30-18-9-7-17(8-10-18)23(2,3)4/h6-12,15H,13-14H2,1-5H3,(H,26,29)/t15-/m1/s1. The Kier molecular flexibility index (Phi) is 8.16. The molecule has 7 heteroatoms. The van der Waals surface area contributed by atoms with Crippen molar-refractivity contribution in [2.75, 3.05) is 13.7 Å². The van der Waals surface area contributed by atoms with Gasteiger partial charge in [-0.1, -0.05) is 62.2 Å². The van der Waals surface area contributed by atoms with Crippen LogP contribution in [0, 0.1) is 0 Å². The number of carbonyl (C=O) groups excluding carboxylic acids is 2. The fourth-order valence-electron chi connectivity index (χ4n) is 2.91. The Morgan fingerprint density at radius 1 is 1.07 bits per heavy atom. The van der Waals surface area contributed by atoms with Gasteiger partial charge in [0, 0.05) is 13.6 Å². The number of rotatable bonds is 7. The van der Waals surface area contributed by atoms with Crippen molar-refractivity contribution in [3.05, 3.63) is 63.6 Å². The molecule has 0 saturated carbocycles. The van der Waals surface area contributed by atoms with Gasteiger partial charge in [-0.25, -0.2) is 0 Å². The van der Waals surface area contributed by atoms with Crippen LogP contribution in [-0.2, 0) is 21.5 Å². The molecule has 5 nitrogen and oxygen atoms in total. The number of hydrogen-bond acceptors (Lipinski definition) is 3. The summed E-state index contributed by atoms with van der Waals surface area (Å²) in [7, 11) is 1.54. The second kappa shape index (κ2) is 10.2. The van der Waals surface area contributed by atoms with Crippen molar-refractivity contribution in [3.8, 4) is 5.75 Å². The Bertz CT molecular complexity index is 892. The smallest absolute Gasteiger partial charge is 0.261 e. The highest BCUT2D eigenvalue weighted by atomic mass is 35.5. The van der Waals surface area contributed by atoms with Crippen molar-refractivity contribution in [1.82, 2.24) is 10.2 Å². The summed E-state index contributed by atoms with van der Waals surface area (Å²) < 4.78 is 5.69. The van der Waals surface area contributed by atoms with Crippen LogP contribution in [0.25, 0.3) is 0 Å². The maximum atomic E-state index is 12.9. The first-order chi connectivity index (χ1) is 14.0. The van der Waals surface area contributed by atoms with Crippen LogP contribution in [0.1, 0.15) is 38.8 Å². The first-order valence-electron chi connectivity index (χ1n) is 9.71. The molecule has 1 atom stereocenters. The highest BCUT2D eigenvalue weighted by molar-refractivity contribution is 6.42. The molecule has 0 aliphatic heterocycles. The van der Waals surface area contributed by atoms with E-state index in [1.54, 1.807) is 25.1 Å². The minimum atomic E-state index is -0.677. The molecular formula is C23H28Cl2N2O3. The third-order valence-electron chi connectivity index (χ3n) is 4.83. The molecule has 0 radical (unpaired) electrons. The molecule has 0 unspecified atom stereocenters. The second-order valence-corrected chi connectivity index (χ2v) is 8.94. The van der Waals surface area contributed by atoms with E-state index < -0.39 is 6.04 Å². The number of benzene rings is 2. The zero-order valence-corrected chi connectivity index (χ0v) is 19.5. The number of ether oxygens (including phenoxy) is 1. The molecule has 0 saturated heterocycles. The van der Waals surface area contributed by atoms with Crippen LogP contribution in [0.15, 0.2) is 42.5 Å². The van der Waals surface area contributed by atoms with E-state index in [4.69, 9.17) is 27.9 Å². The van der Waals surface area contributed by atoms with Crippen molar-refractivity contribution in [2.24, 2.45) is 0 Å². The lowest BCUT2D eigenvalue weighted by Gasteiger charge is -2.28. The quantitative estimate of drug-likeness (QED) is 0.656. The summed E-state index contributed by atoms with van der Waals surface area (Å²) in [4.78, 5) is 26.6. The molecule has 2 aromatic carbocycles. The second-order valence-electron chi connectivity index (χ2n) is 8.12. The van der Waals surface area contributed by atoms with Gasteiger partial charge in [0.25, 0.3) is 5.91 Å². The van der Waals surface area contributed by atoms with E-state index in [1.807, 2.05) is 24.3 Å². The zero-order valence-electron chi connectivity index (χ0n) is 18.0. The van der Waals surface area contributed by atoms with Gasteiger partial charge >= 0.3 is 0 Å². The molecule has 0 aliphatic rings. The van der Waals surface area contributed by atoms with E-state index in [0.717, 1.165) is 5.56 Å². The predicted molar refractivity (Wildman–Crippen MR) is 121 cm³/mol. The largest absolute Gasteiger partial charge is 0.484 e. The molecule has 2 aromatic rings. The summed E-state index contributed by atoms with van der Waals surface area (Å²) in [5.74, 6) is 0.0217. The Morgan fingerprint density at radius 3 is 2.23 bits per heavy atom. The normalized spacial score (nSPS) is 12.2. The van der Waals surface area contributed by atoms with Gasteiger partial charge in [-0.2, -0.15) is 0 Å². The van der Waals surface area contributed by atoms with Gasteiger partial charge in [0.15, 0.2) is 6.61 Å². The maximum Gasteiger partial charge on any atom is 0.261 e. The summed E-state index contributed by atoms with van der Waals surface area (Å²) in [6, 6.07) is 12.1. The fourth-order valence-corrected chi connectivity index (χ4v) is 3.23. The molecule has 0 spiro atoms. The van der Waals surface area contributed by atoms with Crippen molar-refractivity contribution < 1.29 is 14.3 Å². The number of nitrogens with zero attached hydrogens (tertiary/aromatic N) is 1. The van der Waals surface area contributed by atoms with Crippen LogP contribution in [-0.4, -0.2) is 36.4 Å². The van der Waals surface area contributed by atoms with Gasteiger partial charge in [-0.05, 0) is 47.7 Å². The molecule has 0 bridgehead atoms. The molecule has 1 N–H and O–H groups in total. The van der Waals surface area contributed by atoms with Gasteiger partial charge in [-0.15, -0.1) is 0 Å². The van der Waals surface area contributed by atoms with Crippen molar-refractivity contribution >= 4 is 35.0 Å². The monoisotopic (exact) mass is 450 g/mol. The van der Waals surface area contributed by atoms with Crippen LogP contribution in [0.3, 0.4) is 0 Å². The van der Waals surface area contributed by atoms with Gasteiger partial charge in [0.2, 0.25) is 5.91 Å². The van der Waals surface area contributed by atoms with Gasteiger partial charge in [0.1, 0.15) is 11.8 Å². The van der Waals surface area contributed by atoms with Crippen LogP contribution >= 0.6 is 23.2 Å². The Morgan fingerprint density at radius 2 is 1.70 bits per heavy atom. The molecule has 30 heavy (non-hydrogen) atoms. The highest BCUT2D eigenvalue weighted by Gasteiger charge is 2.26. The lowest BCUT2D eigenvalue weighted by Crippen LogP contribution is -2.48. The zero-order chi connectivity index (χ0) is 22.5. The first-order valence-corrected chi connectivity index (χ1v) is 10.5. The number of likely N-dealkylation sites (N-methyl/N-ethyl adjacent to an activating group) is 1. The number of halogens is 2. The Hall–Kier alpha value is -2.24. The van der Waals surface area contributed by atoms with Crippen LogP contribution in [0.5, 0.6) is 5.75 Å². The Labute approximate surface area is 188 Å². The van der Waals surface area contributed by atoms with E-state index in [0.29, 0.717) is 15.8 Å². The van der Waals surface area contributed by atoms with Gasteiger partial charge in [0.05, 0.1) is 10.0 Å². The minimum absolute atomic E-state index is 0.0357. The molecule has 0 aromatic heterocycles. The van der Waals surface area contributed by atoms with Crippen LogP contribution in [0.4, 0.5) is 0 Å². The summed E-state index contributed by atoms with van der Waals surface area (Å²) in [5.41, 5.74) is 1.98. The van der Waals surface area contributed by atoms with Crippen molar-refractivity contribution in [2.45, 2.75) is 45.7 Å². The third kappa shape index (κ3) is 6.38. The van der Waals surface area contributed by atoms with E-state index in [2.05, 4.69) is 26.1 Å². The summed E-state index contributed by atoms with van der Waals surface area (Å²) in [6.07, 6.45) is 0. The average Bonchev–Trinajstić information content (AvgIpc) is 2.71. The van der Waals surface area contributed by atoms with E-state index in [1.165, 1.54) is 17.5 Å². The van der Waals surface area contributed by atoms with E-state index in [9.17, 15) is 9.59 Å². The summed E-state index contributed by atoms with van der Waals surface area (Å²) in [5, 5.41) is 3.40. The molecule has 0 aliphatic carbocycles. The van der Waals surface area contributed by atoms with E-state index in [-0.39, 0.29) is 30.4 Å². The average molecular weight is 451 g/mol. The highest BCUT2D eigenvalue weighted by Crippen LogP contribution is 2.25. The lowest BCUT2D eigenvalue weighted by atomic mass is 9.87. The SMILES string of the molecule is CNC(=O)[C@@H](C)N(Cc1ccc(Cl)c(Cl)c1)C(=O)COc1ccc(C(C)(C)C)cc1. The number of carbonyl (C=O) groups is 2. The maximum absolute atomic E-state index is 12.9. The summed E-state index contributed by atoms with van der Waals surface area (Å²) >= 11 is 12.1. The summed E-state index contributed by atoms with van der Waals surface area (Å²) in [6.45, 7) is 8.09.